The van der Waals surface area contributed by atoms with Gasteiger partial charge in [0, 0.05) is 32.0 Å². The van der Waals surface area contributed by atoms with Gasteiger partial charge in [-0.1, -0.05) is 0 Å². The molecule has 0 bridgehead atoms. The van der Waals surface area contributed by atoms with E-state index in [1.807, 2.05) is 19.3 Å². The third-order valence-electron chi connectivity index (χ3n) is 3.16. The van der Waals surface area contributed by atoms with E-state index in [-0.39, 0.29) is 0 Å². The average Bonchev–Trinajstić information content (AvgIpc) is 2.88. The second kappa shape index (κ2) is 5.16. The van der Waals surface area contributed by atoms with Crippen LogP contribution in [-0.2, 0) is 13.1 Å². The minimum Gasteiger partial charge on any atom is -0.369 e. The average molecular weight is 323 g/mol. The van der Waals surface area contributed by atoms with Crippen LogP contribution in [0.1, 0.15) is 12.7 Å². The van der Waals surface area contributed by atoms with Gasteiger partial charge in [0.2, 0.25) is 0 Å². The van der Waals surface area contributed by atoms with Crippen molar-refractivity contribution in [2.24, 2.45) is 0 Å². The van der Waals surface area contributed by atoms with Crippen LogP contribution in [0.5, 0.6) is 0 Å². The third-order valence-corrected chi connectivity index (χ3v) is 3.89. The number of nitrogens with zero attached hydrogens (tertiary/aromatic N) is 5. The fourth-order valence-corrected chi connectivity index (χ4v) is 2.82. The van der Waals surface area contributed by atoms with Crippen LogP contribution < -0.4 is 10.2 Å². The highest BCUT2D eigenvalue weighted by molar-refractivity contribution is 9.10. The summed E-state index contributed by atoms with van der Waals surface area (Å²) in [7, 11) is 0. The van der Waals surface area contributed by atoms with Gasteiger partial charge in [-0.25, -0.2) is 15.0 Å². The molecular weight excluding hydrogens is 308 g/mol. The van der Waals surface area contributed by atoms with E-state index in [1.165, 1.54) is 0 Å². The van der Waals surface area contributed by atoms with Crippen molar-refractivity contribution in [3.05, 3.63) is 29.0 Å². The van der Waals surface area contributed by atoms with E-state index >= 15 is 0 Å². The largest absolute Gasteiger partial charge is 0.369 e. The zero-order chi connectivity index (χ0) is 13.2. The Labute approximate surface area is 120 Å². The topological polar surface area (TPSA) is 58.9 Å². The van der Waals surface area contributed by atoms with Crippen molar-refractivity contribution in [1.29, 1.82) is 0 Å². The van der Waals surface area contributed by atoms with Crippen molar-refractivity contribution < 1.29 is 0 Å². The molecule has 2 aromatic heterocycles. The lowest BCUT2D eigenvalue weighted by atomic mass is 10.3. The molecule has 19 heavy (non-hydrogen) atoms. The molecule has 6 nitrogen and oxygen atoms in total. The summed E-state index contributed by atoms with van der Waals surface area (Å²) in [6.07, 6.45) is 5.46. The van der Waals surface area contributed by atoms with Gasteiger partial charge in [0.15, 0.2) is 0 Å². The quantitative estimate of drug-likeness (QED) is 0.935. The van der Waals surface area contributed by atoms with Gasteiger partial charge >= 0.3 is 0 Å². The minimum atomic E-state index is 0.772. The predicted molar refractivity (Wildman–Crippen MR) is 77.2 cm³/mol. The molecule has 0 fully saturated rings. The maximum absolute atomic E-state index is 4.39. The second-order valence-corrected chi connectivity index (χ2v) is 5.14. The van der Waals surface area contributed by atoms with Crippen LogP contribution in [0.25, 0.3) is 0 Å². The molecule has 1 N–H and O–H groups in total. The molecule has 0 aromatic carbocycles. The molecule has 0 amide bonds. The molecule has 0 unspecified atom stereocenters. The van der Waals surface area contributed by atoms with E-state index in [9.17, 15) is 0 Å². The third kappa shape index (κ3) is 2.30. The van der Waals surface area contributed by atoms with Crippen LogP contribution in [0.2, 0.25) is 0 Å². The van der Waals surface area contributed by atoms with Gasteiger partial charge < -0.3 is 14.8 Å². The van der Waals surface area contributed by atoms with E-state index in [0.717, 1.165) is 48.1 Å². The Kier molecular flexibility index (Phi) is 3.37. The molecule has 2 aromatic rings. The first kappa shape index (κ1) is 12.4. The van der Waals surface area contributed by atoms with Crippen molar-refractivity contribution in [2.75, 3.05) is 23.3 Å². The highest BCUT2D eigenvalue weighted by atomic mass is 79.9. The molecule has 0 aliphatic carbocycles. The summed E-state index contributed by atoms with van der Waals surface area (Å²) in [5, 5.41) is 3.22. The number of rotatable bonds is 3. The summed E-state index contributed by atoms with van der Waals surface area (Å²) in [5.74, 6) is 2.82. The fourth-order valence-electron chi connectivity index (χ4n) is 2.23. The number of anilines is 2. The smallest absolute Gasteiger partial charge is 0.149 e. The fraction of sp³-hybridized carbons (Fsp3) is 0.417. The van der Waals surface area contributed by atoms with Crippen LogP contribution in [0.15, 0.2) is 23.2 Å². The van der Waals surface area contributed by atoms with Gasteiger partial charge in [0.05, 0.1) is 6.54 Å². The van der Waals surface area contributed by atoms with Gasteiger partial charge in [-0.2, -0.15) is 0 Å². The van der Waals surface area contributed by atoms with E-state index in [1.54, 1.807) is 6.33 Å². The molecule has 3 heterocycles. The van der Waals surface area contributed by atoms with Crippen LogP contribution in [0.4, 0.5) is 11.6 Å². The van der Waals surface area contributed by atoms with E-state index in [2.05, 4.69) is 45.7 Å². The summed E-state index contributed by atoms with van der Waals surface area (Å²) in [4.78, 5) is 15.2. The van der Waals surface area contributed by atoms with Crippen molar-refractivity contribution in [1.82, 2.24) is 19.5 Å². The van der Waals surface area contributed by atoms with Crippen molar-refractivity contribution in [2.45, 2.75) is 20.0 Å². The van der Waals surface area contributed by atoms with Gasteiger partial charge in [0.25, 0.3) is 0 Å². The lowest BCUT2D eigenvalue weighted by Crippen LogP contribution is -2.34. The number of imidazole rings is 1. The molecular formula is C12H15BrN6. The van der Waals surface area contributed by atoms with E-state index < -0.39 is 0 Å². The summed E-state index contributed by atoms with van der Waals surface area (Å²) in [5.41, 5.74) is 0. The Morgan fingerprint density at radius 2 is 2.21 bits per heavy atom. The van der Waals surface area contributed by atoms with Crippen LogP contribution in [0, 0.1) is 0 Å². The van der Waals surface area contributed by atoms with E-state index in [4.69, 9.17) is 0 Å². The Morgan fingerprint density at radius 3 is 3.05 bits per heavy atom. The first-order valence-electron chi connectivity index (χ1n) is 6.29. The Bertz CT molecular complexity index is 581. The predicted octanol–water partition coefficient (Wildman–Crippen LogP) is 1.89. The zero-order valence-corrected chi connectivity index (χ0v) is 12.3. The van der Waals surface area contributed by atoms with Crippen molar-refractivity contribution >= 4 is 27.6 Å². The first-order valence-corrected chi connectivity index (χ1v) is 7.08. The first-order chi connectivity index (χ1) is 9.29. The molecule has 0 atom stereocenters. The zero-order valence-electron chi connectivity index (χ0n) is 10.7. The maximum atomic E-state index is 4.39. The molecule has 1 aliphatic heterocycles. The van der Waals surface area contributed by atoms with Crippen LogP contribution in [-0.4, -0.2) is 32.6 Å². The monoisotopic (exact) mass is 322 g/mol. The number of nitrogens with one attached hydrogen (secondary N) is 1. The number of halogens is 1. The summed E-state index contributed by atoms with van der Waals surface area (Å²) < 4.78 is 3.09. The SMILES string of the molecule is CCNc1ncnc(N2CCn3ccnc3C2)c1Br. The normalized spacial score (nSPS) is 14.3. The summed E-state index contributed by atoms with van der Waals surface area (Å²) >= 11 is 3.59. The van der Waals surface area contributed by atoms with Gasteiger partial charge in [-0.3, -0.25) is 0 Å². The molecule has 1 aliphatic rings. The second-order valence-electron chi connectivity index (χ2n) is 4.35. The summed E-state index contributed by atoms with van der Waals surface area (Å²) in [6, 6.07) is 0. The Hall–Kier alpha value is -1.63. The van der Waals surface area contributed by atoms with E-state index in [0.29, 0.717) is 0 Å². The van der Waals surface area contributed by atoms with Gasteiger partial charge in [-0.05, 0) is 22.9 Å². The number of aromatic nitrogens is 4. The Balaban J connectivity index is 1.89. The van der Waals surface area contributed by atoms with Crippen molar-refractivity contribution in [3.8, 4) is 0 Å². The lowest BCUT2D eigenvalue weighted by Gasteiger charge is -2.29. The van der Waals surface area contributed by atoms with Crippen LogP contribution in [0.3, 0.4) is 0 Å². The minimum absolute atomic E-state index is 0.772. The molecule has 0 saturated heterocycles. The highest BCUT2D eigenvalue weighted by Gasteiger charge is 2.21. The van der Waals surface area contributed by atoms with Gasteiger partial charge in [-0.15, -0.1) is 0 Å². The van der Waals surface area contributed by atoms with Crippen LogP contribution >= 0.6 is 15.9 Å². The number of hydrogen-bond acceptors (Lipinski definition) is 5. The van der Waals surface area contributed by atoms with Crippen molar-refractivity contribution in [3.63, 3.8) is 0 Å². The summed E-state index contributed by atoms with van der Waals surface area (Å²) in [6.45, 7) is 5.51. The molecule has 7 heteroatoms. The molecule has 0 saturated carbocycles. The number of fused-ring (bicyclic) bond motifs is 1. The lowest BCUT2D eigenvalue weighted by molar-refractivity contribution is 0.555. The molecule has 3 rings (SSSR count). The highest BCUT2D eigenvalue weighted by Crippen LogP contribution is 2.31. The maximum Gasteiger partial charge on any atom is 0.149 e. The molecule has 100 valence electrons. The standard InChI is InChI=1S/C12H15BrN6/c1-2-14-11-10(13)12(17-8-16-11)19-6-5-18-4-3-15-9(18)7-19/h3-4,8H,2,5-7H2,1H3,(H,14,16,17). The number of hydrogen-bond donors (Lipinski definition) is 1. The van der Waals surface area contributed by atoms with Gasteiger partial charge in [0.1, 0.15) is 28.3 Å². The molecule has 0 spiro atoms. The molecule has 0 radical (unpaired) electrons. The Morgan fingerprint density at radius 1 is 1.32 bits per heavy atom.